The summed E-state index contributed by atoms with van der Waals surface area (Å²) in [5, 5.41) is 0. The largest absolute Gasteiger partial charge is 0.454 e. The first-order valence-corrected chi connectivity index (χ1v) is 11.7. The summed E-state index contributed by atoms with van der Waals surface area (Å²) in [6.45, 7) is 3.18. The summed E-state index contributed by atoms with van der Waals surface area (Å²) in [5.74, 6) is 2.67. The first-order chi connectivity index (χ1) is 15.3. The zero-order valence-electron chi connectivity index (χ0n) is 17.9. The molecule has 31 heavy (non-hydrogen) atoms. The summed E-state index contributed by atoms with van der Waals surface area (Å²) in [6.07, 6.45) is 6.23. The predicted octanol–water partition coefficient (Wildman–Crippen LogP) is 3.97. The van der Waals surface area contributed by atoms with E-state index in [0.717, 1.165) is 25.3 Å². The molecular formula is C26H30N2O3. The van der Waals surface area contributed by atoms with Gasteiger partial charge in [-0.2, -0.15) is 0 Å². The van der Waals surface area contributed by atoms with E-state index in [-0.39, 0.29) is 12.7 Å². The van der Waals surface area contributed by atoms with Gasteiger partial charge in [-0.15, -0.1) is 0 Å². The van der Waals surface area contributed by atoms with Crippen molar-refractivity contribution in [1.82, 2.24) is 9.80 Å². The number of rotatable bonds is 3. The Kier molecular flexibility index (Phi) is 4.87. The van der Waals surface area contributed by atoms with Crippen LogP contribution in [-0.4, -0.2) is 54.2 Å². The summed E-state index contributed by atoms with van der Waals surface area (Å²) in [4.78, 5) is 18.4. The van der Waals surface area contributed by atoms with E-state index in [9.17, 15) is 4.79 Å². The van der Waals surface area contributed by atoms with Crippen molar-refractivity contribution < 1.29 is 14.3 Å². The maximum absolute atomic E-state index is 13.5. The van der Waals surface area contributed by atoms with Crippen LogP contribution in [0.2, 0.25) is 0 Å². The molecular weight excluding hydrogens is 388 g/mol. The minimum Gasteiger partial charge on any atom is -0.454 e. The number of nitrogens with zero attached hydrogens (tertiary/aromatic N) is 2. The lowest BCUT2D eigenvalue weighted by Crippen LogP contribution is -2.64. The van der Waals surface area contributed by atoms with Crippen LogP contribution in [0.4, 0.5) is 0 Å². The Bertz CT molecular complexity index is 962. The Labute approximate surface area is 183 Å². The average Bonchev–Trinajstić information content (AvgIpc) is 3.30. The van der Waals surface area contributed by atoms with Crippen molar-refractivity contribution in [1.29, 1.82) is 0 Å². The SMILES string of the molecule is O=C(c1ccc2c(c1)OCO2)N1C[C@H]2C[C@@H](C1)[C@H](Cc1ccccc1)N1CCCC[C@@H]21. The molecule has 4 atom stereocenters. The zero-order chi connectivity index (χ0) is 20.8. The fourth-order valence-corrected chi connectivity index (χ4v) is 6.42. The summed E-state index contributed by atoms with van der Waals surface area (Å²) >= 11 is 0. The molecule has 0 unspecified atom stereocenters. The van der Waals surface area contributed by atoms with Crippen molar-refractivity contribution in [3.63, 3.8) is 0 Å². The molecule has 0 aromatic heterocycles. The van der Waals surface area contributed by atoms with Gasteiger partial charge in [0, 0.05) is 30.7 Å². The number of carbonyl (C=O) groups is 1. The van der Waals surface area contributed by atoms with Crippen LogP contribution in [-0.2, 0) is 6.42 Å². The van der Waals surface area contributed by atoms with Gasteiger partial charge >= 0.3 is 0 Å². The Morgan fingerprint density at radius 2 is 1.81 bits per heavy atom. The van der Waals surface area contributed by atoms with Gasteiger partial charge in [0.05, 0.1) is 0 Å². The number of fused-ring (bicyclic) bond motifs is 5. The standard InChI is InChI=1S/C26H30N2O3/c29-26(19-9-10-24-25(14-19)31-17-30-24)27-15-20-13-21(16-27)23(12-18-6-2-1-3-7-18)28-11-5-4-8-22(20)28/h1-3,6-7,9-10,14,20-23H,4-5,8,11-13,15-17H2/t20-,21+,22+,23+/m1/s1. The van der Waals surface area contributed by atoms with Crippen LogP contribution < -0.4 is 9.47 Å². The Morgan fingerprint density at radius 1 is 0.968 bits per heavy atom. The molecule has 1 amide bonds. The first-order valence-electron chi connectivity index (χ1n) is 11.7. The lowest BCUT2D eigenvalue weighted by molar-refractivity contribution is -0.0642. The van der Waals surface area contributed by atoms with Gasteiger partial charge in [0.1, 0.15) is 0 Å². The van der Waals surface area contributed by atoms with Gasteiger partial charge in [0.2, 0.25) is 6.79 Å². The molecule has 0 N–H and O–H groups in total. The minimum absolute atomic E-state index is 0.135. The number of hydrogen-bond acceptors (Lipinski definition) is 4. The van der Waals surface area contributed by atoms with Gasteiger partial charge in [0.15, 0.2) is 11.5 Å². The van der Waals surface area contributed by atoms with E-state index in [1.807, 2.05) is 18.2 Å². The van der Waals surface area contributed by atoms with E-state index in [0.29, 0.717) is 35.2 Å². The van der Waals surface area contributed by atoms with Crippen LogP contribution in [0.15, 0.2) is 48.5 Å². The molecule has 162 valence electrons. The molecule has 4 aliphatic rings. The van der Waals surface area contributed by atoms with Gasteiger partial charge in [0.25, 0.3) is 5.91 Å². The number of benzene rings is 2. The third kappa shape index (κ3) is 3.49. The molecule has 6 rings (SSSR count). The van der Waals surface area contributed by atoms with E-state index in [1.165, 1.54) is 37.8 Å². The lowest BCUT2D eigenvalue weighted by Gasteiger charge is -2.57. The molecule has 0 radical (unpaired) electrons. The zero-order valence-corrected chi connectivity index (χ0v) is 17.9. The normalized spacial score (nSPS) is 29.5. The van der Waals surface area contributed by atoms with Crippen molar-refractivity contribution in [2.45, 2.75) is 44.2 Å². The number of carbonyl (C=O) groups excluding carboxylic acids is 1. The van der Waals surface area contributed by atoms with Crippen LogP contribution in [0.25, 0.3) is 0 Å². The van der Waals surface area contributed by atoms with Crippen molar-refractivity contribution in [2.24, 2.45) is 11.8 Å². The van der Waals surface area contributed by atoms with Gasteiger partial charge < -0.3 is 14.4 Å². The van der Waals surface area contributed by atoms with Gasteiger partial charge in [-0.1, -0.05) is 36.8 Å². The molecule has 2 aromatic carbocycles. The number of hydrogen-bond donors (Lipinski definition) is 0. The minimum atomic E-state index is 0.135. The van der Waals surface area contributed by atoms with Crippen LogP contribution in [0.5, 0.6) is 11.5 Å². The van der Waals surface area contributed by atoms with Crippen molar-refractivity contribution >= 4 is 5.91 Å². The quantitative estimate of drug-likeness (QED) is 0.756. The van der Waals surface area contributed by atoms with E-state index < -0.39 is 0 Å². The highest BCUT2D eigenvalue weighted by Gasteiger charge is 2.47. The maximum Gasteiger partial charge on any atom is 0.254 e. The first kappa shape index (κ1) is 19.2. The van der Waals surface area contributed by atoms with Crippen molar-refractivity contribution in [2.75, 3.05) is 26.4 Å². The molecule has 5 nitrogen and oxygen atoms in total. The average molecular weight is 419 g/mol. The number of amides is 1. The molecule has 4 aliphatic heterocycles. The van der Waals surface area contributed by atoms with Crippen molar-refractivity contribution in [3.05, 3.63) is 59.7 Å². The van der Waals surface area contributed by atoms with E-state index >= 15 is 0 Å². The topological polar surface area (TPSA) is 42.0 Å². The van der Waals surface area contributed by atoms with Crippen LogP contribution in [0.1, 0.15) is 41.6 Å². The van der Waals surface area contributed by atoms with E-state index in [2.05, 4.69) is 40.1 Å². The van der Waals surface area contributed by atoms with E-state index in [4.69, 9.17) is 9.47 Å². The summed E-state index contributed by atoms with van der Waals surface area (Å²) in [5.41, 5.74) is 2.12. The highest BCUT2D eigenvalue weighted by molar-refractivity contribution is 5.95. The number of piperidine rings is 3. The molecule has 0 spiro atoms. The van der Waals surface area contributed by atoms with Gasteiger partial charge in [-0.05, 0) is 67.8 Å². The molecule has 0 aliphatic carbocycles. The molecule has 2 bridgehead atoms. The monoisotopic (exact) mass is 418 g/mol. The molecule has 0 saturated carbocycles. The van der Waals surface area contributed by atoms with Gasteiger partial charge in [-0.3, -0.25) is 9.69 Å². The molecule has 2 aromatic rings. The highest BCUT2D eigenvalue weighted by atomic mass is 16.7. The molecule has 3 saturated heterocycles. The van der Waals surface area contributed by atoms with Gasteiger partial charge in [-0.25, -0.2) is 0 Å². The summed E-state index contributed by atoms with van der Waals surface area (Å²) in [7, 11) is 0. The Morgan fingerprint density at radius 3 is 2.71 bits per heavy atom. The Balaban J connectivity index is 1.26. The number of likely N-dealkylation sites (tertiary alicyclic amines) is 1. The lowest BCUT2D eigenvalue weighted by atomic mass is 9.71. The molecule has 3 fully saturated rings. The van der Waals surface area contributed by atoms with E-state index in [1.54, 1.807) is 0 Å². The van der Waals surface area contributed by atoms with Crippen LogP contribution in [0.3, 0.4) is 0 Å². The second-order valence-electron chi connectivity index (χ2n) is 9.59. The van der Waals surface area contributed by atoms with Crippen LogP contribution in [0, 0.1) is 11.8 Å². The third-order valence-electron chi connectivity index (χ3n) is 7.82. The smallest absolute Gasteiger partial charge is 0.254 e. The fourth-order valence-electron chi connectivity index (χ4n) is 6.42. The molecule has 4 heterocycles. The summed E-state index contributed by atoms with van der Waals surface area (Å²) in [6, 6.07) is 17.6. The third-order valence-corrected chi connectivity index (χ3v) is 7.82. The van der Waals surface area contributed by atoms with Crippen molar-refractivity contribution in [3.8, 4) is 11.5 Å². The number of ether oxygens (including phenoxy) is 2. The molecule has 5 heteroatoms. The Hall–Kier alpha value is -2.53. The predicted molar refractivity (Wildman–Crippen MR) is 118 cm³/mol. The maximum atomic E-state index is 13.5. The second kappa shape index (κ2) is 7.86. The van der Waals surface area contributed by atoms with Crippen LogP contribution >= 0.6 is 0 Å². The highest BCUT2D eigenvalue weighted by Crippen LogP contribution is 2.42. The fraction of sp³-hybridized carbons (Fsp3) is 0.500. The second-order valence-corrected chi connectivity index (χ2v) is 9.59. The summed E-state index contributed by atoms with van der Waals surface area (Å²) < 4.78 is 10.9.